The van der Waals surface area contributed by atoms with Crippen LogP contribution in [0.5, 0.6) is 11.5 Å². The van der Waals surface area contributed by atoms with E-state index in [2.05, 4.69) is 5.32 Å². The third kappa shape index (κ3) is 6.57. The predicted octanol–water partition coefficient (Wildman–Crippen LogP) is 2.81. The maximum Gasteiger partial charge on any atom is 0.422 e. The summed E-state index contributed by atoms with van der Waals surface area (Å²) >= 11 is 0. The lowest BCUT2D eigenvalue weighted by atomic mass is 10.1. The number of methoxy groups -OCH3 is 1. The summed E-state index contributed by atoms with van der Waals surface area (Å²) in [6.07, 6.45) is -3.57. The van der Waals surface area contributed by atoms with E-state index in [1.54, 1.807) is 12.1 Å². The van der Waals surface area contributed by atoms with E-state index in [-0.39, 0.29) is 35.9 Å². The minimum atomic E-state index is -4.41. The number of piperazine rings is 1. The zero-order valence-corrected chi connectivity index (χ0v) is 15.6. The number of carbonyl (C=O) groups is 1. The van der Waals surface area contributed by atoms with E-state index in [9.17, 15) is 18.0 Å². The first-order valence-corrected chi connectivity index (χ1v) is 8.17. The molecule has 2 rings (SSSR count). The fraction of sp³-hybridized carbons (Fsp3) is 0.588. The standard InChI is InChI=1S/C17H23F3N2O3.ClH/c1-12-10-21-7-8-22(12)16(23)6-4-13-3-5-14(15(9-13)24-2)25-11-17(18,19)20;/h3,5,9,12,21H,4,6-8,10-11H2,1-2H3;1H/t12-;/m0./s1. The third-order valence-electron chi connectivity index (χ3n) is 4.07. The van der Waals surface area contributed by atoms with Crippen LogP contribution in [0.3, 0.4) is 0 Å². The van der Waals surface area contributed by atoms with Crippen LogP contribution in [0, 0.1) is 0 Å². The van der Waals surface area contributed by atoms with Crippen molar-refractivity contribution in [2.24, 2.45) is 0 Å². The number of nitrogens with one attached hydrogen (secondary N) is 1. The minimum Gasteiger partial charge on any atom is -0.493 e. The lowest BCUT2D eigenvalue weighted by Gasteiger charge is -2.34. The summed E-state index contributed by atoms with van der Waals surface area (Å²) in [7, 11) is 1.37. The van der Waals surface area contributed by atoms with Crippen LogP contribution in [0.25, 0.3) is 0 Å². The Balaban J connectivity index is 0.00000338. The van der Waals surface area contributed by atoms with Crippen LogP contribution >= 0.6 is 12.4 Å². The van der Waals surface area contributed by atoms with E-state index in [4.69, 9.17) is 9.47 Å². The highest BCUT2D eigenvalue weighted by atomic mass is 35.5. The smallest absolute Gasteiger partial charge is 0.422 e. The van der Waals surface area contributed by atoms with Crippen LogP contribution in [0.4, 0.5) is 13.2 Å². The third-order valence-corrected chi connectivity index (χ3v) is 4.07. The number of benzene rings is 1. The van der Waals surface area contributed by atoms with Gasteiger partial charge in [0.2, 0.25) is 5.91 Å². The molecule has 1 amide bonds. The van der Waals surface area contributed by atoms with Crippen molar-refractivity contribution in [3.8, 4) is 11.5 Å². The Morgan fingerprint density at radius 3 is 2.69 bits per heavy atom. The van der Waals surface area contributed by atoms with Crippen LogP contribution < -0.4 is 14.8 Å². The summed E-state index contributed by atoms with van der Waals surface area (Å²) in [5.74, 6) is 0.334. The quantitative estimate of drug-likeness (QED) is 0.803. The molecule has 0 unspecified atom stereocenters. The number of nitrogens with zero attached hydrogens (tertiary/aromatic N) is 1. The highest BCUT2D eigenvalue weighted by Crippen LogP contribution is 2.30. The second-order valence-corrected chi connectivity index (χ2v) is 6.03. The van der Waals surface area contributed by atoms with E-state index >= 15 is 0 Å². The van der Waals surface area contributed by atoms with Crippen LogP contribution in [0.15, 0.2) is 18.2 Å². The minimum absolute atomic E-state index is 0. The van der Waals surface area contributed by atoms with Gasteiger partial charge in [0, 0.05) is 32.1 Å². The molecule has 1 atom stereocenters. The van der Waals surface area contributed by atoms with Crippen molar-refractivity contribution in [3.63, 3.8) is 0 Å². The van der Waals surface area contributed by atoms with Gasteiger partial charge in [-0.1, -0.05) is 6.07 Å². The van der Waals surface area contributed by atoms with E-state index in [0.717, 1.165) is 18.7 Å². The van der Waals surface area contributed by atoms with Gasteiger partial charge in [-0.2, -0.15) is 13.2 Å². The van der Waals surface area contributed by atoms with Crippen LogP contribution in [0.2, 0.25) is 0 Å². The van der Waals surface area contributed by atoms with Gasteiger partial charge in [0.05, 0.1) is 7.11 Å². The molecule has 1 aromatic rings. The van der Waals surface area contributed by atoms with E-state index < -0.39 is 12.8 Å². The number of hydrogen-bond acceptors (Lipinski definition) is 4. The van der Waals surface area contributed by atoms with Crippen molar-refractivity contribution in [2.45, 2.75) is 32.0 Å². The van der Waals surface area contributed by atoms with E-state index in [1.165, 1.54) is 13.2 Å². The van der Waals surface area contributed by atoms with Gasteiger partial charge >= 0.3 is 6.18 Å². The summed E-state index contributed by atoms with van der Waals surface area (Å²) in [5.41, 5.74) is 0.812. The first-order chi connectivity index (χ1) is 11.8. The lowest BCUT2D eigenvalue weighted by Crippen LogP contribution is -2.52. The van der Waals surface area contributed by atoms with Gasteiger partial charge in [-0.25, -0.2) is 0 Å². The summed E-state index contributed by atoms with van der Waals surface area (Å²) < 4.78 is 46.6. The SMILES string of the molecule is COc1cc(CCC(=O)N2CCNC[C@@H]2C)ccc1OCC(F)(F)F.Cl. The van der Waals surface area contributed by atoms with Crippen molar-refractivity contribution in [2.75, 3.05) is 33.4 Å². The number of halogens is 4. The van der Waals surface area contributed by atoms with Crippen LogP contribution in [-0.2, 0) is 11.2 Å². The second kappa shape index (κ2) is 9.87. The van der Waals surface area contributed by atoms with Crippen molar-refractivity contribution in [3.05, 3.63) is 23.8 Å². The molecule has 1 aromatic carbocycles. The lowest BCUT2D eigenvalue weighted by molar-refractivity contribution is -0.153. The molecule has 1 saturated heterocycles. The molecule has 1 aliphatic rings. The number of aryl methyl sites for hydroxylation is 1. The van der Waals surface area contributed by atoms with Crippen molar-refractivity contribution in [1.29, 1.82) is 0 Å². The highest BCUT2D eigenvalue weighted by Gasteiger charge is 2.29. The monoisotopic (exact) mass is 396 g/mol. The zero-order valence-electron chi connectivity index (χ0n) is 14.8. The Kier molecular flexibility index (Phi) is 8.49. The Bertz CT molecular complexity index is 599. The molecule has 1 heterocycles. The van der Waals surface area contributed by atoms with Crippen molar-refractivity contribution < 1.29 is 27.4 Å². The van der Waals surface area contributed by atoms with Gasteiger partial charge in [-0.15, -0.1) is 12.4 Å². The molecule has 0 radical (unpaired) electrons. The fourth-order valence-electron chi connectivity index (χ4n) is 2.75. The molecule has 148 valence electrons. The number of alkyl halides is 3. The number of amides is 1. The average molecular weight is 397 g/mol. The van der Waals surface area contributed by atoms with Gasteiger partial charge in [-0.05, 0) is 31.0 Å². The normalized spacial score (nSPS) is 17.4. The van der Waals surface area contributed by atoms with Gasteiger partial charge in [0.25, 0.3) is 0 Å². The Hall–Kier alpha value is -1.67. The molecule has 9 heteroatoms. The topological polar surface area (TPSA) is 50.8 Å². The maximum atomic E-state index is 12.3. The van der Waals surface area contributed by atoms with Crippen molar-refractivity contribution in [1.82, 2.24) is 10.2 Å². The molecule has 0 bridgehead atoms. The number of ether oxygens (including phenoxy) is 2. The number of hydrogen-bond donors (Lipinski definition) is 1. The molecule has 0 spiro atoms. The zero-order chi connectivity index (χ0) is 18.4. The summed E-state index contributed by atoms with van der Waals surface area (Å²) in [6, 6.07) is 4.87. The second-order valence-electron chi connectivity index (χ2n) is 6.03. The molecule has 0 aliphatic carbocycles. The van der Waals surface area contributed by atoms with Crippen LogP contribution in [-0.4, -0.2) is 56.4 Å². The van der Waals surface area contributed by atoms with Crippen LogP contribution in [0.1, 0.15) is 18.9 Å². The molecular weight excluding hydrogens is 373 g/mol. The molecular formula is C17H24ClF3N2O3. The molecule has 5 nitrogen and oxygen atoms in total. The first-order valence-electron chi connectivity index (χ1n) is 8.17. The van der Waals surface area contributed by atoms with Crippen molar-refractivity contribution >= 4 is 18.3 Å². The van der Waals surface area contributed by atoms with E-state index in [0.29, 0.717) is 19.4 Å². The average Bonchev–Trinajstić information content (AvgIpc) is 2.57. The maximum absolute atomic E-state index is 12.3. The highest BCUT2D eigenvalue weighted by molar-refractivity contribution is 5.85. The molecule has 0 saturated carbocycles. The summed E-state index contributed by atoms with van der Waals surface area (Å²) in [5, 5.41) is 3.23. The molecule has 26 heavy (non-hydrogen) atoms. The van der Waals surface area contributed by atoms with Gasteiger partial charge in [0.15, 0.2) is 18.1 Å². The molecule has 1 fully saturated rings. The summed E-state index contributed by atoms with van der Waals surface area (Å²) in [4.78, 5) is 14.2. The molecule has 1 N–H and O–H groups in total. The fourth-order valence-corrected chi connectivity index (χ4v) is 2.75. The first kappa shape index (κ1) is 22.4. The Morgan fingerprint density at radius 2 is 2.08 bits per heavy atom. The van der Waals surface area contributed by atoms with Gasteiger partial charge in [0.1, 0.15) is 0 Å². The Morgan fingerprint density at radius 1 is 1.35 bits per heavy atom. The van der Waals surface area contributed by atoms with E-state index in [1.807, 2.05) is 11.8 Å². The summed E-state index contributed by atoms with van der Waals surface area (Å²) in [6.45, 7) is 2.88. The van der Waals surface area contributed by atoms with Gasteiger partial charge in [-0.3, -0.25) is 4.79 Å². The largest absolute Gasteiger partial charge is 0.493 e. The number of rotatable bonds is 6. The molecule has 0 aromatic heterocycles. The predicted molar refractivity (Wildman–Crippen MR) is 94.2 cm³/mol. The molecule has 1 aliphatic heterocycles. The number of carbonyl (C=O) groups excluding carboxylic acids is 1. The van der Waals surface area contributed by atoms with Gasteiger partial charge < -0.3 is 19.7 Å². The Labute approximate surface area is 157 Å².